The van der Waals surface area contributed by atoms with Gasteiger partial charge in [-0.1, -0.05) is 182 Å². The highest BCUT2D eigenvalue weighted by atomic mass is 14.7. The Hall–Kier alpha value is -7.35. The number of rotatable bonds is 3. The molecule has 0 radical (unpaired) electrons. The molecule has 8 aromatic carbocycles. The average molecular weight is 734 g/mol. The zero-order valence-electron chi connectivity index (χ0n) is 31.7. The molecular formula is C57H35N. The van der Waals surface area contributed by atoms with Crippen LogP contribution in [0.3, 0.4) is 0 Å². The molecule has 58 heavy (non-hydrogen) atoms. The molecule has 1 aromatic heterocycles. The van der Waals surface area contributed by atoms with Gasteiger partial charge in [0.15, 0.2) is 0 Å². The monoisotopic (exact) mass is 733 g/mol. The van der Waals surface area contributed by atoms with E-state index in [0.29, 0.717) is 0 Å². The zero-order valence-corrected chi connectivity index (χ0v) is 31.7. The van der Waals surface area contributed by atoms with Crippen molar-refractivity contribution in [2.45, 2.75) is 10.8 Å². The SMILES string of the molecule is c1ccc(-c2ccc3c(c2)C2(C4=C3C3(c5cc(-c6ccc(-c7ccccn7)cc6)ccc54)c4ccccc4-c4ccccc43)c3ccccc3-c3ccccc32)cc1. The maximum Gasteiger partial charge on any atom is 0.0728 e. The largest absolute Gasteiger partial charge is 0.256 e. The van der Waals surface area contributed by atoms with Gasteiger partial charge in [-0.05, 0) is 124 Å². The molecule has 1 heterocycles. The summed E-state index contributed by atoms with van der Waals surface area (Å²) in [5.41, 5.74) is 24.9. The van der Waals surface area contributed by atoms with Crippen LogP contribution in [-0.2, 0) is 10.8 Å². The molecule has 0 saturated heterocycles. The number of allylic oxidation sites excluding steroid dienone is 2. The van der Waals surface area contributed by atoms with Gasteiger partial charge in [-0.2, -0.15) is 0 Å². The van der Waals surface area contributed by atoms with Crippen LogP contribution in [0.2, 0.25) is 0 Å². The van der Waals surface area contributed by atoms with E-state index < -0.39 is 10.8 Å². The first-order chi connectivity index (χ1) is 28.8. The van der Waals surface area contributed by atoms with Crippen LogP contribution in [-0.4, -0.2) is 4.98 Å². The second kappa shape index (κ2) is 11.6. The third kappa shape index (κ3) is 3.88. The van der Waals surface area contributed by atoms with Crippen molar-refractivity contribution < 1.29 is 0 Å². The van der Waals surface area contributed by atoms with Gasteiger partial charge in [0, 0.05) is 11.8 Å². The van der Waals surface area contributed by atoms with Gasteiger partial charge in [-0.15, -0.1) is 0 Å². The molecule has 0 amide bonds. The fourth-order valence-electron chi connectivity index (χ4n) is 11.4. The standard InChI is InChI=1S/C57H35N/c1-2-14-36(15-3-1)39-29-31-45-51(34-39)56(47-20-8-4-16-41(47)42-17-5-9-21-48(42)56)55-46-32-30-40(37-25-27-38(28-26-37)53-24-12-13-33-58-53)35-52(46)57(54(45)55)49-22-10-6-18-43(49)44-19-7-11-23-50(44)57/h1-35H. The second-order valence-corrected chi connectivity index (χ2v) is 16.1. The van der Waals surface area contributed by atoms with E-state index in [1.54, 1.807) is 0 Å². The van der Waals surface area contributed by atoms with Gasteiger partial charge in [0.25, 0.3) is 0 Å². The lowest BCUT2D eigenvalue weighted by Gasteiger charge is -2.35. The number of aromatic nitrogens is 1. The maximum absolute atomic E-state index is 4.62. The van der Waals surface area contributed by atoms with Crippen molar-refractivity contribution in [1.82, 2.24) is 4.98 Å². The lowest BCUT2D eigenvalue weighted by atomic mass is 9.66. The van der Waals surface area contributed by atoms with Gasteiger partial charge >= 0.3 is 0 Å². The summed E-state index contributed by atoms with van der Waals surface area (Å²) < 4.78 is 0. The second-order valence-electron chi connectivity index (χ2n) is 16.1. The van der Waals surface area contributed by atoms with Crippen LogP contribution < -0.4 is 0 Å². The first-order valence-electron chi connectivity index (χ1n) is 20.3. The molecule has 1 nitrogen and oxygen atoms in total. The molecule has 4 aliphatic rings. The van der Waals surface area contributed by atoms with Crippen molar-refractivity contribution in [2.24, 2.45) is 0 Å². The lowest BCUT2D eigenvalue weighted by molar-refractivity contribution is 0.827. The Morgan fingerprint density at radius 1 is 0.259 bits per heavy atom. The summed E-state index contributed by atoms with van der Waals surface area (Å²) in [6, 6.07) is 77.4. The van der Waals surface area contributed by atoms with E-state index in [4.69, 9.17) is 0 Å². The minimum Gasteiger partial charge on any atom is -0.256 e. The third-order valence-corrected chi connectivity index (χ3v) is 13.6. The third-order valence-electron chi connectivity index (χ3n) is 13.6. The fourth-order valence-corrected chi connectivity index (χ4v) is 11.4. The summed E-state index contributed by atoms with van der Waals surface area (Å²) >= 11 is 0. The first kappa shape index (κ1) is 31.8. The molecule has 0 N–H and O–H groups in total. The van der Waals surface area contributed by atoms with Crippen molar-refractivity contribution >= 4 is 11.1 Å². The van der Waals surface area contributed by atoms with E-state index in [1.807, 2.05) is 18.3 Å². The van der Waals surface area contributed by atoms with Crippen LogP contribution in [0.1, 0.15) is 44.5 Å². The summed E-state index contributed by atoms with van der Waals surface area (Å²) in [6.45, 7) is 0. The number of benzene rings is 8. The minimum absolute atomic E-state index is 0.515. The maximum atomic E-state index is 4.62. The van der Waals surface area contributed by atoms with E-state index in [2.05, 4.69) is 199 Å². The van der Waals surface area contributed by atoms with E-state index in [9.17, 15) is 0 Å². The highest BCUT2D eigenvalue weighted by Crippen LogP contribution is 2.74. The van der Waals surface area contributed by atoms with Crippen molar-refractivity contribution in [1.29, 1.82) is 0 Å². The molecular weight excluding hydrogens is 699 g/mol. The normalized spacial score (nSPS) is 15.1. The van der Waals surface area contributed by atoms with Crippen molar-refractivity contribution in [3.63, 3.8) is 0 Å². The Morgan fingerprint density at radius 3 is 1.09 bits per heavy atom. The minimum atomic E-state index is -0.527. The van der Waals surface area contributed by atoms with Gasteiger partial charge in [-0.25, -0.2) is 0 Å². The van der Waals surface area contributed by atoms with Gasteiger partial charge < -0.3 is 0 Å². The topological polar surface area (TPSA) is 12.9 Å². The Balaban J connectivity index is 1.16. The molecule has 0 bridgehead atoms. The molecule has 268 valence electrons. The van der Waals surface area contributed by atoms with Crippen LogP contribution in [0.25, 0.3) is 66.9 Å². The smallest absolute Gasteiger partial charge is 0.0728 e. The number of fused-ring (bicyclic) bond motifs is 18. The fraction of sp³-hybridized carbons (Fsp3) is 0.0351. The molecule has 4 aliphatic carbocycles. The number of hydrogen-bond acceptors (Lipinski definition) is 1. The molecule has 2 spiro atoms. The van der Waals surface area contributed by atoms with E-state index >= 15 is 0 Å². The number of hydrogen-bond donors (Lipinski definition) is 0. The van der Waals surface area contributed by atoms with Crippen LogP contribution >= 0.6 is 0 Å². The van der Waals surface area contributed by atoms with E-state index in [1.165, 1.54) is 100 Å². The molecule has 9 aromatic rings. The van der Waals surface area contributed by atoms with Gasteiger partial charge in [0.05, 0.1) is 16.5 Å². The van der Waals surface area contributed by atoms with Gasteiger partial charge in [0.2, 0.25) is 0 Å². The van der Waals surface area contributed by atoms with E-state index in [0.717, 1.165) is 11.3 Å². The van der Waals surface area contributed by atoms with Crippen LogP contribution in [0.4, 0.5) is 0 Å². The highest BCUT2D eigenvalue weighted by molar-refractivity contribution is 6.19. The van der Waals surface area contributed by atoms with Crippen molar-refractivity contribution in [3.8, 4) is 55.8 Å². The summed E-state index contributed by atoms with van der Waals surface area (Å²) in [5, 5.41) is 0. The molecule has 0 fully saturated rings. The van der Waals surface area contributed by atoms with Crippen molar-refractivity contribution in [3.05, 3.63) is 257 Å². The molecule has 0 aliphatic heterocycles. The molecule has 0 saturated carbocycles. The Morgan fingerprint density at radius 2 is 0.638 bits per heavy atom. The molecule has 13 rings (SSSR count). The van der Waals surface area contributed by atoms with Crippen LogP contribution in [0.5, 0.6) is 0 Å². The average Bonchev–Trinajstić information content (AvgIpc) is 3.98. The predicted octanol–water partition coefficient (Wildman–Crippen LogP) is 13.7. The lowest BCUT2D eigenvalue weighted by Crippen LogP contribution is -2.28. The summed E-state index contributed by atoms with van der Waals surface area (Å²) in [7, 11) is 0. The summed E-state index contributed by atoms with van der Waals surface area (Å²) in [5.74, 6) is 0. The van der Waals surface area contributed by atoms with Crippen LogP contribution in [0, 0.1) is 0 Å². The highest BCUT2D eigenvalue weighted by Gasteiger charge is 2.63. The zero-order chi connectivity index (χ0) is 38.0. The number of nitrogens with zero attached hydrogens (tertiary/aromatic N) is 1. The molecule has 1 heteroatoms. The Labute approximate surface area is 338 Å². The molecule has 0 atom stereocenters. The van der Waals surface area contributed by atoms with Crippen LogP contribution in [0.15, 0.2) is 212 Å². The Bertz CT molecular complexity index is 3110. The first-order valence-corrected chi connectivity index (χ1v) is 20.3. The Kier molecular flexibility index (Phi) is 6.36. The summed E-state index contributed by atoms with van der Waals surface area (Å²) in [6.07, 6.45) is 1.86. The molecule has 0 unspecified atom stereocenters. The predicted molar refractivity (Wildman–Crippen MR) is 237 cm³/mol. The summed E-state index contributed by atoms with van der Waals surface area (Å²) in [4.78, 5) is 4.62. The van der Waals surface area contributed by atoms with Gasteiger partial charge in [0.1, 0.15) is 0 Å². The van der Waals surface area contributed by atoms with Gasteiger partial charge in [-0.3, -0.25) is 4.98 Å². The van der Waals surface area contributed by atoms with E-state index in [-0.39, 0.29) is 0 Å². The number of pyridine rings is 1. The van der Waals surface area contributed by atoms with Crippen molar-refractivity contribution in [2.75, 3.05) is 0 Å². The quantitative estimate of drug-likeness (QED) is 0.176.